The molecule has 92 valence electrons. The molecule has 0 atom stereocenters. The maximum absolute atomic E-state index is 6.12. The lowest BCUT2D eigenvalue weighted by atomic mass is 10.1. The van der Waals surface area contributed by atoms with Gasteiger partial charge in [-0.25, -0.2) is 4.98 Å². The van der Waals surface area contributed by atoms with E-state index in [1.807, 2.05) is 13.0 Å². The summed E-state index contributed by atoms with van der Waals surface area (Å²) < 4.78 is 6.71. The van der Waals surface area contributed by atoms with Crippen molar-refractivity contribution in [1.29, 1.82) is 0 Å². The molecule has 2 aromatic heterocycles. The number of hydrogen-bond donors (Lipinski definition) is 0. The Kier molecular flexibility index (Phi) is 3.47. The molecule has 2 rings (SSSR count). The minimum atomic E-state index is 0.309. The standard InChI is InChI=1S/C11H15ClN4O/c1-4-17-11-14-10-13-8(5-7(2)3)6-9(12)16(10)15-11/h6-7H,4-5H2,1-3H3. The van der Waals surface area contributed by atoms with Gasteiger partial charge in [0, 0.05) is 5.69 Å². The van der Waals surface area contributed by atoms with E-state index in [4.69, 9.17) is 16.3 Å². The number of halogens is 1. The van der Waals surface area contributed by atoms with Crippen LogP contribution in [0.3, 0.4) is 0 Å². The van der Waals surface area contributed by atoms with Crippen LogP contribution in [0.5, 0.6) is 6.01 Å². The second-order valence-corrected chi connectivity index (χ2v) is 4.59. The van der Waals surface area contributed by atoms with Crippen LogP contribution in [0, 0.1) is 5.92 Å². The Morgan fingerprint density at radius 2 is 2.18 bits per heavy atom. The summed E-state index contributed by atoms with van der Waals surface area (Å²) in [6, 6.07) is 2.13. The van der Waals surface area contributed by atoms with Gasteiger partial charge in [0.15, 0.2) is 0 Å². The summed E-state index contributed by atoms with van der Waals surface area (Å²) in [4.78, 5) is 8.57. The molecule has 5 nitrogen and oxygen atoms in total. The summed E-state index contributed by atoms with van der Waals surface area (Å²) in [5.74, 6) is 1.01. The largest absolute Gasteiger partial charge is 0.463 e. The van der Waals surface area contributed by atoms with Gasteiger partial charge in [0.2, 0.25) is 0 Å². The molecule has 0 amide bonds. The fraction of sp³-hybridized carbons (Fsp3) is 0.545. The highest BCUT2D eigenvalue weighted by Crippen LogP contribution is 2.16. The highest BCUT2D eigenvalue weighted by atomic mass is 35.5. The number of ether oxygens (including phenoxy) is 1. The zero-order valence-electron chi connectivity index (χ0n) is 10.1. The lowest BCUT2D eigenvalue weighted by molar-refractivity contribution is 0.313. The maximum atomic E-state index is 6.12. The molecule has 2 heterocycles. The van der Waals surface area contributed by atoms with Crippen LogP contribution >= 0.6 is 11.6 Å². The van der Waals surface area contributed by atoms with E-state index >= 15 is 0 Å². The Labute approximate surface area is 105 Å². The quantitative estimate of drug-likeness (QED) is 0.786. The third-order valence-electron chi connectivity index (χ3n) is 2.19. The average molecular weight is 255 g/mol. The summed E-state index contributed by atoms with van der Waals surface area (Å²) in [5, 5.41) is 4.61. The molecule has 0 saturated heterocycles. The molecule has 17 heavy (non-hydrogen) atoms. The van der Waals surface area contributed by atoms with Crippen LogP contribution in [-0.4, -0.2) is 26.2 Å². The van der Waals surface area contributed by atoms with E-state index in [9.17, 15) is 0 Å². The first-order valence-electron chi connectivity index (χ1n) is 5.65. The second-order valence-electron chi connectivity index (χ2n) is 4.21. The first-order chi connectivity index (χ1) is 8.10. The van der Waals surface area contributed by atoms with Crippen LogP contribution in [0.2, 0.25) is 5.15 Å². The van der Waals surface area contributed by atoms with E-state index in [-0.39, 0.29) is 0 Å². The molecule has 0 aliphatic carbocycles. The minimum absolute atomic E-state index is 0.309. The predicted molar refractivity (Wildman–Crippen MR) is 65.5 cm³/mol. The van der Waals surface area contributed by atoms with Gasteiger partial charge in [-0.2, -0.15) is 9.50 Å². The van der Waals surface area contributed by atoms with Gasteiger partial charge < -0.3 is 4.74 Å². The Morgan fingerprint density at radius 3 is 2.82 bits per heavy atom. The van der Waals surface area contributed by atoms with Gasteiger partial charge in [0.05, 0.1) is 6.61 Å². The van der Waals surface area contributed by atoms with Gasteiger partial charge in [-0.15, -0.1) is 5.10 Å². The second kappa shape index (κ2) is 4.87. The Bertz CT molecular complexity index is 523. The first kappa shape index (κ1) is 12.1. The van der Waals surface area contributed by atoms with E-state index in [1.165, 1.54) is 4.52 Å². The van der Waals surface area contributed by atoms with Gasteiger partial charge in [-0.1, -0.05) is 25.4 Å². The summed E-state index contributed by atoms with van der Waals surface area (Å²) in [6.45, 7) is 6.67. The fourth-order valence-corrected chi connectivity index (χ4v) is 1.81. The molecule has 0 radical (unpaired) electrons. The van der Waals surface area contributed by atoms with Gasteiger partial charge in [0.1, 0.15) is 5.15 Å². The maximum Gasteiger partial charge on any atom is 0.337 e. The number of rotatable bonds is 4. The lowest BCUT2D eigenvalue weighted by Crippen LogP contribution is -2.01. The third kappa shape index (κ3) is 2.66. The molecule has 0 aliphatic rings. The topological polar surface area (TPSA) is 52.3 Å². The average Bonchev–Trinajstić information content (AvgIpc) is 2.60. The number of fused-ring (bicyclic) bond motifs is 1. The molecule has 0 fully saturated rings. The van der Waals surface area contributed by atoms with E-state index in [2.05, 4.69) is 28.9 Å². The summed E-state index contributed by atoms with van der Waals surface area (Å²) in [5.41, 5.74) is 0.924. The molecule has 0 spiro atoms. The van der Waals surface area contributed by atoms with Crippen molar-refractivity contribution in [1.82, 2.24) is 19.6 Å². The third-order valence-corrected chi connectivity index (χ3v) is 2.46. The monoisotopic (exact) mass is 254 g/mol. The predicted octanol–water partition coefficient (Wildman–Crippen LogP) is 2.37. The van der Waals surface area contributed by atoms with Crippen molar-refractivity contribution in [2.75, 3.05) is 6.61 Å². The summed E-state index contributed by atoms with van der Waals surface area (Å²) in [7, 11) is 0. The van der Waals surface area contributed by atoms with E-state index in [1.54, 1.807) is 0 Å². The molecule has 0 unspecified atom stereocenters. The molecule has 0 aliphatic heterocycles. The molecule has 0 aromatic carbocycles. The van der Waals surface area contributed by atoms with Gasteiger partial charge in [0.25, 0.3) is 5.78 Å². The molecular weight excluding hydrogens is 240 g/mol. The molecule has 6 heteroatoms. The molecular formula is C11H15ClN4O. The molecule has 0 saturated carbocycles. The fourth-order valence-electron chi connectivity index (χ4n) is 1.57. The summed E-state index contributed by atoms with van der Waals surface area (Å²) in [6.07, 6.45) is 0.868. The number of nitrogens with zero attached hydrogens (tertiary/aromatic N) is 4. The molecule has 2 aromatic rings. The smallest absolute Gasteiger partial charge is 0.337 e. The minimum Gasteiger partial charge on any atom is -0.463 e. The van der Waals surface area contributed by atoms with Gasteiger partial charge in [-0.3, -0.25) is 0 Å². The van der Waals surface area contributed by atoms with Gasteiger partial charge in [-0.05, 0) is 25.3 Å². The number of hydrogen-bond acceptors (Lipinski definition) is 4. The zero-order valence-corrected chi connectivity index (χ0v) is 10.9. The van der Waals surface area contributed by atoms with Gasteiger partial charge >= 0.3 is 6.01 Å². The Hall–Kier alpha value is -1.36. The SMILES string of the molecule is CCOc1nc2nc(CC(C)C)cc(Cl)n2n1. The van der Waals surface area contributed by atoms with Crippen molar-refractivity contribution in [3.05, 3.63) is 16.9 Å². The Morgan fingerprint density at radius 1 is 1.41 bits per heavy atom. The molecule has 0 bridgehead atoms. The number of aromatic nitrogens is 4. The van der Waals surface area contributed by atoms with E-state index in [0.29, 0.717) is 29.5 Å². The van der Waals surface area contributed by atoms with Crippen molar-refractivity contribution >= 4 is 17.4 Å². The highest BCUT2D eigenvalue weighted by molar-refractivity contribution is 6.29. The lowest BCUT2D eigenvalue weighted by Gasteiger charge is -2.04. The summed E-state index contributed by atoms with van der Waals surface area (Å²) >= 11 is 6.12. The van der Waals surface area contributed by atoms with Crippen molar-refractivity contribution in [3.8, 4) is 6.01 Å². The van der Waals surface area contributed by atoms with Crippen LogP contribution in [-0.2, 0) is 6.42 Å². The van der Waals surface area contributed by atoms with Crippen LogP contribution in [0.25, 0.3) is 5.78 Å². The van der Waals surface area contributed by atoms with Crippen molar-refractivity contribution < 1.29 is 4.74 Å². The van der Waals surface area contributed by atoms with Crippen LogP contribution in [0.1, 0.15) is 26.5 Å². The normalized spacial score (nSPS) is 11.4. The van der Waals surface area contributed by atoms with Crippen LogP contribution in [0.4, 0.5) is 0 Å². The van der Waals surface area contributed by atoms with Crippen molar-refractivity contribution in [3.63, 3.8) is 0 Å². The first-order valence-corrected chi connectivity index (χ1v) is 6.03. The van der Waals surface area contributed by atoms with Crippen molar-refractivity contribution in [2.24, 2.45) is 5.92 Å². The van der Waals surface area contributed by atoms with E-state index < -0.39 is 0 Å². The molecule has 0 N–H and O–H groups in total. The Balaban J connectivity index is 2.42. The highest BCUT2D eigenvalue weighted by Gasteiger charge is 2.11. The van der Waals surface area contributed by atoms with Crippen LogP contribution in [0.15, 0.2) is 6.07 Å². The van der Waals surface area contributed by atoms with E-state index in [0.717, 1.165) is 12.1 Å². The zero-order chi connectivity index (χ0) is 12.4. The van der Waals surface area contributed by atoms with Crippen molar-refractivity contribution in [2.45, 2.75) is 27.2 Å². The van der Waals surface area contributed by atoms with Crippen LogP contribution < -0.4 is 4.74 Å².